The zero-order valence-electron chi connectivity index (χ0n) is 18.1. The number of nitrogen functional groups attached to an aromatic ring is 1. The Balaban J connectivity index is 0.00000304. The molecule has 0 aliphatic carbocycles. The van der Waals surface area contributed by atoms with Crippen molar-refractivity contribution in [1.29, 1.82) is 0 Å². The molecule has 0 aliphatic heterocycles. The second-order valence-corrected chi connectivity index (χ2v) is 9.79. The molecule has 0 unspecified atom stereocenters. The molecule has 0 spiro atoms. The van der Waals surface area contributed by atoms with Gasteiger partial charge in [-0.05, 0) is 53.5 Å². The van der Waals surface area contributed by atoms with Gasteiger partial charge in [0.2, 0.25) is 10.0 Å². The fraction of sp³-hybridized carbons (Fsp3) is 0. The zero-order chi connectivity index (χ0) is 24.7. The monoisotopic (exact) mass is 557 g/mol. The van der Waals surface area contributed by atoms with E-state index >= 15 is 0 Å². The zero-order valence-corrected chi connectivity index (χ0v) is 22.5. The molecule has 5 aromatic rings. The number of fused-ring (bicyclic) bond motifs is 1. The van der Waals surface area contributed by atoms with Crippen molar-refractivity contribution < 1.29 is 56.0 Å². The van der Waals surface area contributed by atoms with Crippen molar-refractivity contribution in [2.75, 3.05) is 5.73 Å². The van der Waals surface area contributed by atoms with Crippen LogP contribution in [0.3, 0.4) is 0 Å². The molecule has 0 bridgehead atoms. The van der Waals surface area contributed by atoms with Crippen molar-refractivity contribution >= 4 is 55.1 Å². The Morgan fingerprint density at radius 1 is 1.06 bits per heavy atom. The van der Waals surface area contributed by atoms with Crippen molar-refractivity contribution in [3.63, 3.8) is 0 Å². The van der Waals surface area contributed by atoms with Crippen LogP contribution in [0.1, 0.15) is 0 Å². The molecule has 36 heavy (non-hydrogen) atoms. The van der Waals surface area contributed by atoms with Crippen molar-refractivity contribution in [2.45, 2.75) is 4.90 Å². The summed E-state index contributed by atoms with van der Waals surface area (Å²) in [6.45, 7) is 0. The first kappa shape index (κ1) is 26.3. The van der Waals surface area contributed by atoms with Crippen LogP contribution in [0.5, 0.6) is 11.5 Å². The normalized spacial score (nSPS) is 11.3. The first-order valence-electron chi connectivity index (χ1n) is 9.58. The van der Waals surface area contributed by atoms with Crippen LogP contribution in [-0.4, -0.2) is 22.9 Å². The van der Waals surface area contributed by atoms with Gasteiger partial charge in [-0.1, -0.05) is 22.8 Å². The first-order chi connectivity index (χ1) is 16.7. The second-order valence-electron chi connectivity index (χ2n) is 7.02. The van der Waals surface area contributed by atoms with Gasteiger partial charge in [0.25, 0.3) is 0 Å². The van der Waals surface area contributed by atoms with Gasteiger partial charge in [0.15, 0.2) is 23.0 Å². The number of hydrogen-bond donors (Lipinski definition) is 1. The van der Waals surface area contributed by atoms with Crippen molar-refractivity contribution in [2.24, 2.45) is 0 Å². The number of anilines is 1. The third-order valence-corrected chi connectivity index (χ3v) is 6.97. The number of nitrogens with two attached hydrogens (primary N) is 1. The molecule has 2 heterocycles. The molecule has 178 valence electrons. The van der Waals surface area contributed by atoms with E-state index in [0.29, 0.717) is 50.8 Å². The van der Waals surface area contributed by atoms with E-state index in [0.717, 1.165) is 6.33 Å². The van der Waals surface area contributed by atoms with Crippen LogP contribution >= 0.6 is 23.1 Å². The number of hydrogen-bond acceptors (Lipinski definition) is 9. The number of halogens is 3. The van der Waals surface area contributed by atoms with E-state index in [1.807, 2.05) is 0 Å². The maximum Gasteiger partial charge on any atom is 1.00 e. The molecule has 15 heteroatoms. The molecular formula is C21H11ClF2N5NaO4S2. The van der Waals surface area contributed by atoms with Crippen LogP contribution in [0.25, 0.3) is 26.8 Å². The largest absolute Gasteiger partial charge is 1.00 e. The Bertz CT molecular complexity index is 1680. The summed E-state index contributed by atoms with van der Waals surface area (Å²) in [6.07, 6.45) is 1.09. The summed E-state index contributed by atoms with van der Waals surface area (Å²) in [7, 11) is -4.58. The minimum Gasteiger partial charge on any atom is -0.454 e. The van der Waals surface area contributed by atoms with Gasteiger partial charge in [0.05, 0.1) is 5.39 Å². The standard InChI is InChI=1S/C21H11ClF2N5O4S2.Na/c22-11-2-4-16(12(6-11)10-1-3-17-13(5-10)20(25)28-33-17)32-18-7-15(24)19(8-14(18)23)35(30,31)29-21-26-9-27-34-21;/h1-9H,(H2-,25,26,27,28,29);/q-1;+1. The quantitative estimate of drug-likeness (QED) is 0.315. The maximum atomic E-state index is 14.9. The molecule has 2 aromatic heterocycles. The molecule has 0 saturated heterocycles. The SMILES string of the molecule is Nc1noc2ccc(-c3cc(Cl)ccc3Oc3cc(F)c(S(=O)(=O)[N-]c4ncns4)cc3F)cc12.[Na+]. The first-order valence-corrected chi connectivity index (χ1v) is 12.2. The van der Waals surface area contributed by atoms with E-state index < -0.39 is 32.3 Å². The van der Waals surface area contributed by atoms with Gasteiger partial charge >= 0.3 is 29.6 Å². The maximum absolute atomic E-state index is 14.9. The molecule has 9 nitrogen and oxygen atoms in total. The fourth-order valence-electron chi connectivity index (χ4n) is 3.21. The smallest absolute Gasteiger partial charge is 0.454 e. The molecule has 0 saturated carbocycles. The van der Waals surface area contributed by atoms with Crippen LogP contribution in [-0.2, 0) is 10.0 Å². The van der Waals surface area contributed by atoms with Gasteiger partial charge in [-0.25, -0.2) is 21.6 Å². The van der Waals surface area contributed by atoms with Crippen LogP contribution < -0.4 is 40.0 Å². The number of rotatable bonds is 6. The summed E-state index contributed by atoms with van der Waals surface area (Å²) in [4.78, 5) is 2.64. The van der Waals surface area contributed by atoms with Crippen LogP contribution in [0.4, 0.5) is 19.7 Å². The molecule has 5 rings (SSSR count). The minimum atomic E-state index is -4.58. The Morgan fingerprint density at radius 3 is 2.61 bits per heavy atom. The minimum absolute atomic E-state index is 0. The van der Waals surface area contributed by atoms with Crippen LogP contribution in [0, 0.1) is 11.6 Å². The molecule has 0 fully saturated rings. The van der Waals surface area contributed by atoms with Gasteiger partial charge in [-0.3, -0.25) is 0 Å². The summed E-state index contributed by atoms with van der Waals surface area (Å²) >= 11 is 6.84. The molecule has 0 radical (unpaired) electrons. The summed E-state index contributed by atoms with van der Waals surface area (Å²) in [5.41, 5.74) is 7.30. The van der Waals surface area contributed by atoms with E-state index in [4.69, 9.17) is 26.6 Å². The average Bonchev–Trinajstić information content (AvgIpc) is 3.46. The summed E-state index contributed by atoms with van der Waals surface area (Å²) in [5, 5.41) is 4.38. The Labute approximate surface area is 233 Å². The van der Waals surface area contributed by atoms with Gasteiger partial charge in [0.1, 0.15) is 16.5 Å². The average molecular weight is 558 g/mol. The van der Waals surface area contributed by atoms with Crippen LogP contribution in [0.2, 0.25) is 5.02 Å². The predicted octanol–water partition coefficient (Wildman–Crippen LogP) is 3.05. The molecule has 2 N–H and O–H groups in total. The van der Waals surface area contributed by atoms with Crippen molar-refractivity contribution in [3.8, 4) is 22.6 Å². The number of ether oxygens (including phenoxy) is 1. The number of benzene rings is 3. The summed E-state index contributed by atoms with van der Waals surface area (Å²) in [6, 6.07) is 10.7. The van der Waals surface area contributed by atoms with Crippen molar-refractivity contribution in [1.82, 2.24) is 14.5 Å². The third-order valence-electron chi connectivity index (χ3n) is 4.78. The topological polar surface area (TPSA) is 135 Å². The molecular weight excluding hydrogens is 547 g/mol. The molecule has 3 aromatic carbocycles. The molecule has 0 amide bonds. The van der Waals surface area contributed by atoms with E-state index in [9.17, 15) is 17.2 Å². The summed E-state index contributed by atoms with van der Waals surface area (Å²) < 4.78 is 72.2. The van der Waals surface area contributed by atoms with E-state index in [-0.39, 0.29) is 46.3 Å². The Kier molecular flexibility index (Phi) is 7.50. The number of aromatic nitrogens is 3. The fourth-order valence-corrected chi connectivity index (χ4v) is 5.00. The number of nitrogens with zero attached hydrogens (tertiary/aromatic N) is 4. The van der Waals surface area contributed by atoms with E-state index in [2.05, 4.69) is 19.2 Å². The molecule has 0 atom stereocenters. The number of sulfonamides is 1. The van der Waals surface area contributed by atoms with E-state index in [1.54, 1.807) is 24.3 Å². The Morgan fingerprint density at radius 2 is 1.86 bits per heavy atom. The van der Waals surface area contributed by atoms with Gasteiger partial charge < -0.3 is 24.7 Å². The Hall–Kier alpha value is -2.81. The van der Waals surface area contributed by atoms with Crippen molar-refractivity contribution in [3.05, 3.63) is 76.2 Å². The van der Waals surface area contributed by atoms with Gasteiger partial charge in [0, 0.05) is 28.1 Å². The molecule has 0 aliphatic rings. The van der Waals surface area contributed by atoms with Gasteiger partial charge in [-0.2, -0.15) is 0 Å². The van der Waals surface area contributed by atoms with E-state index in [1.165, 1.54) is 12.1 Å². The van der Waals surface area contributed by atoms with Gasteiger partial charge in [-0.15, -0.1) is 0 Å². The second kappa shape index (κ2) is 10.3. The predicted molar refractivity (Wildman–Crippen MR) is 125 cm³/mol. The third kappa shape index (κ3) is 5.16. The van der Waals surface area contributed by atoms with Crippen LogP contribution in [0.15, 0.2) is 64.3 Å². The summed E-state index contributed by atoms with van der Waals surface area (Å²) in [5.74, 6) is -2.64.